The van der Waals surface area contributed by atoms with Crippen LogP contribution in [0.25, 0.3) is 11.6 Å². The zero-order valence-corrected chi connectivity index (χ0v) is 23.8. The van der Waals surface area contributed by atoms with Gasteiger partial charge in [-0.25, -0.2) is 0 Å². The molecule has 0 fully saturated rings. The Balaban J connectivity index is 0.000000321. The zero-order chi connectivity index (χ0) is 25.3. The van der Waals surface area contributed by atoms with Gasteiger partial charge in [0.2, 0.25) is 0 Å². The first-order valence-electron chi connectivity index (χ1n) is 10.4. The second-order valence-electron chi connectivity index (χ2n) is 7.22. The number of carbonyl (C=O) groups excluding carboxylic acids is 1. The molecule has 6 nitrogen and oxygen atoms in total. The van der Waals surface area contributed by atoms with Crippen LogP contribution in [0.3, 0.4) is 0 Å². The number of allylic oxidation sites excluding steroid dienone is 1. The van der Waals surface area contributed by atoms with Gasteiger partial charge >= 0.3 is 37.4 Å². The third-order valence-corrected chi connectivity index (χ3v) is 5.57. The number of phenolic OH excluding ortho intramolecular Hbond substituents is 1. The molecule has 0 heterocycles. The van der Waals surface area contributed by atoms with Gasteiger partial charge in [-0.1, -0.05) is 76.6 Å². The number of ketones is 1. The predicted octanol–water partition coefficient (Wildman–Crippen LogP) is 3.11. The summed E-state index contributed by atoms with van der Waals surface area (Å²) in [4.78, 5) is 31.4. The Morgan fingerprint density at radius 3 is 1.86 bits per heavy atom. The van der Waals surface area contributed by atoms with Crippen molar-refractivity contribution >= 4 is 41.2 Å². The van der Waals surface area contributed by atoms with Gasteiger partial charge in [0.25, 0.3) is 0 Å². The molecule has 1 atom stereocenters. The quantitative estimate of drug-likeness (QED) is 0.120. The van der Waals surface area contributed by atoms with Crippen LogP contribution in [0.4, 0.5) is 0 Å². The average molecular weight is 575 g/mol. The third kappa shape index (κ3) is 9.88. The van der Waals surface area contributed by atoms with E-state index >= 15 is 0 Å². The van der Waals surface area contributed by atoms with Crippen LogP contribution in [0.1, 0.15) is 21.5 Å². The van der Waals surface area contributed by atoms with Gasteiger partial charge in [0.05, 0.1) is 0 Å². The molecule has 2 N–H and O–H groups in total. The molecule has 4 aromatic rings. The summed E-state index contributed by atoms with van der Waals surface area (Å²) in [6, 6.07) is 31.5. The minimum absolute atomic E-state index is 0. The van der Waals surface area contributed by atoms with Crippen molar-refractivity contribution in [1.29, 1.82) is 0 Å². The molecule has 0 saturated heterocycles. The Hall–Kier alpha value is -2.48. The summed E-state index contributed by atoms with van der Waals surface area (Å²) in [6.45, 7) is 0. The molecule has 0 bridgehead atoms. The fourth-order valence-corrected chi connectivity index (χ4v) is 3.66. The standard InChI is InChI=1S/C21H15BrO2.C6H7O4P.Na/c22-18-10-6-15(7-11-18)14-20(16-4-2-1-3-5-16)21(24)17-8-12-19(23)13-9-17;7-11(8,9)10-6-4-2-1-3-5-6;/h1-14,23H;1-5H,(H2,7,8,9);/q;;+1/p-1/b20-14+;;. The normalized spacial score (nSPS) is 12.2. The molecular formula is C27H21BrNaO6P. The maximum Gasteiger partial charge on any atom is 1.00 e. The molecule has 9 heteroatoms. The minimum atomic E-state index is -4.64. The number of benzene rings is 4. The van der Waals surface area contributed by atoms with Crippen LogP contribution in [0.5, 0.6) is 11.5 Å². The number of halogens is 1. The average Bonchev–Trinajstić information content (AvgIpc) is 2.84. The van der Waals surface area contributed by atoms with E-state index in [0.717, 1.165) is 15.6 Å². The molecule has 0 radical (unpaired) electrons. The van der Waals surface area contributed by atoms with Crippen LogP contribution in [-0.2, 0) is 4.57 Å². The van der Waals surface area contributed by atoms with E-state index in [4.69, 9.17) is 4.89 Å². The first-order valence-corrected chi connectivity index (χ1v) is 12.6. The van der Waals surface area contributed by atoms with E-state index < -0.39 is 7.82 Å². The van der Waals surface area contributed by atoms with Gasteiger partial charge in [-0.3, -0.25) is 9.36 Å². The molecule has 0 amide bonds. The van der Waals surface area contributed by atoms with Gasteiger partial charge in [0.15, 0.2) is 5.78 Å². The molecule has 36 heavy (non-hydrogen) atoms. The van der Waals surface area contributed by atoms with E-state index in [-0.39, 0.29) is 46.8 Å². The first kappa shape index (κ1) is 29.7. The monoisotopic (exact) mass is 574 g/mol. The van der Waals surface area contributed by atoms with Crippen LogP contribution < -0.4 is 39.0 Å². The van der Waals surface area contributed by atoms with Crippen molar-refractivity contribution in [3.63, 3.8) is 0 Å². The second kappa shape index (κ2) is 14.3. The van der Waals surface area contributed by atoms with Crippen LogP contribution in [0, 0.1) is 0 Å². The summed E-state index contributed by atoms with van der Waals surface area (Å²) in [7, 11) is -4.64. The van der Waals surface area contributed by atoms with Gasteiger partial charge in [0, 0.05) is 15.6 Å². The third-order valence-electron chi connectivity index (χ3n) is 4.60. The molecule has 0 aliphatic rings. The number of phosphoric ester groups is 1. The Morgan fingerprint density at radius 2 is 1.33 bits per heavy atom. The van der Waals surface area contributed by atoms with E-state index in [1.165, 1.54) is 24.3 Å². The maximum absolute atomic E-state index is 13.0. The van der Waals surface area contributed by atoms with Crippen molar-refractivity contribution in [2.24, 2.45) is 0 Å². The molecule has 0 spiro atoms. The number of aromatic hydroxyl groups is 1. The Morgan fingerprint density at radius 1 is 0.806 bits per heavy atom. The summed E-state index contributed by atoms with van der Waals surface area (Å²) in [6.07, 6.45) is 1.89. The summed E-state index contributed by atoms with van der Waals surface area (Å²) in [5, 5.41) is 9.42. The van der Waals surface area contributed by atoms with E-state index in [2.05, 4.69) is 20.5 Å². The molecule has 1 unspecified atom stereocenters. The van der Waals surface area contributed by atoms with Gasteiger partial charge in [0.1, 0.15) is 11.5 Å². The maximum atomic E-state index is 13.0. The van der Waals surface area contributed by atoms with E-state index in [0.29, 0.717) is 11.1 Å². The number of carbonyl (C=O) groups is 1. The fourth-order valence-electron chi connectivity index (χ4n) is 3.01. The summed E-state index contributed by atoms with van der Waals surface area (Å²) < 4.78 is 15.3. The Kier molecular flexibility index (Phi) is 11.8. The molecule has 4 rings (SSSR count). The second-order valence-corrected chi connectivity index (χ2v) is 9.26. The predicted molar refractivity (Wildman–Crippen MR) is 138 cm³/mol. The van der Waals surface area contributed by atoms with E-state index in [9.17, 15) is 19.4 Å². The number of rotatable bonds is 6. The Bertz CT molecular complexity index is 1320. The van der Waals surface area contributed by atoms with Crippen LogP contribution in [-0.4, -0.2) is 15.8 Å². The van der Waals surface area contributed by atoms with Gasteiger partial charge in [-0.05, 0) is 65.7 Å². The zero-order valence-electron chi connectivity index (χ0n) is 19.3. The van der Waals surface area contributed by atoms with Crippen molar-refractivity contribution in [3.8, 4) is 11.5 Å². The molecule has 4 aromatic carbocycles. The number of phosphoric acid groups is 1. The van der Waals surface area contributed by atoms with Gasteiger partial charge in [-0.15, -0.1) is 0 Å². The number of para-hydroxylation sites is 1. The SMILES string of the molecule is O=C(/C(=C/c1ccc(Br)cc1)c1ccccc1)c1ccc(O)cc1.O=P([O-])(O)Oc1ccccc1.[Na+]. The minimum Gasteiger partial charge on any atom is -0.746 e. The smallest absolute Gasteiger partial charge is 0.746 e. The summed E-state index contributed by atoms with van der Waals surface area (Å²) in [5.74, 6) is 0.169. The van der Waals surface area contributed by atoms with Gasteiger partial charge in [-0.2, -0.15) is 0 Å². The Labute approximate surface area is 240 Å². The molecule has 0 aromatic heterocycles. The summed E-state index contributed by atoms with van der Waals surface area (Å²) >= 11 is 3.42. The van der Waals surface area contributed by atoms with Crippen LogP contribution in [0.15, 0.2) is 114 Å². The molecule has 178 valence electrons. The first-order chi connectivity index (χ1) is 16.7. The fraction of sp³-hybridized carbons (Fsp3) is 0. The number of phenols is 1. The molecule has 0 aliphatic carbocycles. The van der Waals surface area contributed by atoms with Crippen molar-refractivity contribution in [2.45, 2.75) is 0 Å². The largest absolute Gasteiger partial charge is 1.00 e. The number of hydrogen-bond donors (Lipinski definition) is 2. The van der Waals surface area contributed by atoms with Crippen molar-refractivity contribution in [3.05, 3.63) is 130 Å². The van der Waals surface area contributed by atoms with Crippen molar-refractivity contribution in [1.82, 2.24) is 0 Å². The van der Waals surface area contributed by atoms with Crippen LogP contribution in [0.2, 0.25) is 0 Å². The van der Waals surface area contributed by atoms with Gasteiger partial charge < -0.3 is 19.4 Å². The molecule has 0 saturated carbocycles. The molecule has 0 aliphatic heterocycles. The van der Waals surface area contributed by atoms with Crippen molar-refractivity contribution < 1.29 is 58.3 Å². The van der Waals surface area contributed by atoms with Crippen LogP contribution >= 0.6 is 23.8 Å². The van der Waals surface area contributed by atoms with E-state index in [1.807, 2.05) is 60.7 Å². The van der Waals surface area contributed by atoms with Crippen molar-refractivity contribution in [2.75, 3.05) is 0 Å². The van der Waals surface area contributed by atoms with E-state index in [1.54, 1.807) is 30.3 Å². The topological polar surface area (TPSA) is 107 Å². The number of Topliss-reactive ketones (excluding diaryl/α,β-unsaturated/α-hetero) is 1. The summed E-state index contributed by atoms with van der Waals surface area (Å²) in [5.41, 5.74) is 2.96. The number of hydrogen-bond acceptors (Lipinski definition) is 5. The molecular weight excluding hydrogens is 554 g/mol.